The Morgan fingerprint density at radius 3 is 3.00 bits per heavy atom. The van der Waals surface area contributed by atoms with Gasteiger partial charge in [-0.3, -0.25) is 9.59 Å². The highest BCUT2D eigenvalue weighted by Crippen LogP contribution is 2.09. The molecule has 1 aliphatic rings. The van der Waals surface area contributed by atoms with Crippen molar-refractivity contribution in [3.05, 3.63) is 0 Å². The van der Waals surface area contributed by atoms with E-state index in [1.54, 1.807) is 4.90 Å². The summed E-state index contributed by atoms with van der Waals surface area (Å²) in [5.41, 5.74) is 0. The Kier molecular flexibility index (Phi) is 2.46. The fourth-order valence-electron chi connectivity index (χ4n) is 1.29. The van der Waals surface area contributed by atoms with Gasteiger partial charge in [-0.05, 0) is 6.92 Å². The first kappa shape index (κ1) is 8.04. The number of nitrogens with one attached hydrogen (secondary N) is 1. The third-order valence-corrected chi connectivity index (χ3v) is 1.90. The lowest BCUT2D eigenvalue weighted by Gasteiger charge is -2.12. The molecule has 1 fully saturated rings. The zero-order chi connectivity index (χ0) is 8.27. The number of likely N-dealkylation sites (tertiary alicyclic amines) is 1. The highest BCUT2D eigenvalue weighted by molar-refractivity contribution is 5.79. The molecule has 1 heterocycles. The van der Waals surface area contributed by atoms with Gasteiger partial charge >= 0.3 is 0 Å². The maximum atomic E-state index is 11.1. The average molecular weight is 156 g/mol. The molecule has 0 bridgehead atoms. The van der Waals surface area contributed by atoms with E-state index in [4.69, 9.17) is 0 Å². The quantitative estimate of drug-likeness (QED) is 0.552. The van der Waals surface area contributed by atoms with Crippen LogP contribution in [-0.2, 0) is 9.59 Å². The van der Waals surface area contributed by atoms with E-state index in [2.05, 4.69) is 5.32 Å². The van der Waals surface area contributed by atoms with Crippen molar-refractivity contribution in [3.63, 3.8) is 0 Å². The van der Waals surface area contributed by atoms with Crippen LogP contribution in [0.4, 0.5) is 0 Å². The summed E-state index contributed by atoms with van der Waals surface area (Å²) < 4.78 is 0. The van der Waals surface area contributed by atoms with Crippen LogP contribution in [0.2, 0.25) is 0 Å². The van der Waals surface area contributed by atoms with Crippen molar-refractivity contribution in [2.75, 3.05) is 13.1 Å². The first-order valence-corrected chi connectivity index (χ1v) is 3.75. The van der Waals surface area contributed by atoms with Crippen molar-refractivity contribution in [1.82, 2.24) is 10.2 Å². The van der Waals surface area contributed by atoms with Crippen molar-refractivity contribution >= 4 is 12.3 Å². The normalized spacial score (nSPS) is 23.9. The van der Waals surface area contributed by atoms with Crippen molar-refractivity contribution in [2.24, 2.45) is 0 Å². The zero-order valence-corrected chi connectivity index (χ0v) is 6.54. The number of likely N-dealkylation sites (N-methyl/N-ethyl adjacent to an activating group) is 1. The molecular formula is C7H12N2O2. The minimum Gasteiger partial charge on any atom is -0.354 e. The Labute approximate surface area is 65.6 Å². The van der Waals surface area contributed by atoms with E-state index in [-0.39, 0.29) is 11.9 Å². The molecule has 0 aromatic rings. The van der Waals surface area contributed by atoms with Crippen LogP contribution in [0.5, 0.6) is 0 Å². The Morgan fingerprint density at radius 1 is 1.82 bits per heavy atom. The summed E-state index contributed by atoms with van der Waals surface area (Å²) in [5, 5.41) is 2.60. The smallest absolute Gasteiger partial charge is 0.224 e. The molecule has 1 atom stereocenters. The summed E-state index contributed by atoms with van der Waals surface area (Å²) in [6, 6.07) is 0.0277. The molecule has 1 aliphatic heterocycles. The predicted octanol–water partition coefficient (Wildman–Crippen LogP) is -0.647. The molecule has 0 aliphatic carbocycles. The molecule has 4 heteroatoms. The number of amides is 2. The lowest BCUT2D eigenvalue weighted by molar-refractivity contribution is -0.127. The van der Waals surface area contributed by atoms with E-state index >= 15 is 0 Å². The summed E-state index contributed by atoms with van der Waals surface area (Å²) in [6.45, 7) is 3.32. The molecule has 0 unspecified atom stereocenters. The number of nitrogens with zero attached hydrogens (tertiary/aromatic N) is 1. The minimum atomic E-state index is 0.0277. The number of hydrogen-bond donors (Lipinski definition) is 1. The molecule has 11 heavy (non-hydrogen) atoms. The predicted molar refractivity (Wildman–Crippen MR) is 39.9 cm³/mol. The van der Waals surface area contributed by atoms with Crippen LogP contribution in [-0.4, -0.2) is 36.3 Å². The first-order valence-electron chi connectivity index (χ1n) is 3.75. The number of carbonyl (C=O) groups is 2. The van der Waals surface area contributed by atoms with Gasteiger partial charge in [0.2, 0.25) is 12.3 Å². The topological polar surface area (TPSA) is 49.4 Å². The molecule has 1 saturated heterocycles. The van der Waals surface area contributed by atoms with E-state index in [0.717, 1.165) is 6.54 Å². The summed E-state index contributed by atoms with van der Waals surface area (Å²) in [5.74, 6) is 0.131. The summed E-state index contributed by atoms with van der Waals surface area (Å²) >= 11 is 0. The molecule has 4 nitrogen and oxygen atoms in total. The number of rotatable bonds is 3. The summed E-state index contributed by atoms with van der Waals surface area (Å²) in [7, 11) is 0. The van der Waals surface area contributed by atoms with E-state index in [0.29, 0.717) is 19.4 Å². The standard InChI is InChI=1S/C7H12N2O2/c1-2-9-4-6(8-5-10)3-7(9)11/h5-6H,2-4H2,1H3,(H,8,10)/t6-/m0/s1. The van der Waals surface area contributed by atoms with Crippen molar-refractivity contribution in [3.8, 4) is 0 Å². The van der Waals surface area contributed by atoms with Crippen molar-refractivity contribution in [2.45, 2.75) is 19.4 Å². The van der Waals surface area contributed by atoms with Gasteiger partial charge in [0.1, 0.15) is 0 Å². The van der Waals surface area contributed by atoms with Gasteiger partial charge in [0.25, 0.3) is 0 Å². The Morgan fingerprint density at radius 2 is 2.55 bits per heavy atom. The Hall–Kier alpha value is -1.06. The van der Waals surface area contributed by atoms with E-state index in [1.807, 2.05) is 6.92 Å². The van der Waals surface area contributed by atoms with Gasteiger partial charge in [0.15, 0.2) is 0 Å². The van der Waals surface area contributed by atoms with Crippen LogP contribution >= 0.6 is 0 Å². The van der Waals surface area contributed by atoms with Crippen molar-refractivity contribution in [1.29, 1.82) is 0 Å². The minimum absolute atomic E-state index is 0.0277. The monoisotopic (exact) mass is 156 g/mol. The SMILES string of the molecule is CCN1C[C@@H](NC=O)CC1=O. The molecular weight excluding hydrogens is 144 g/mol. The highest BCUT2D eigenvalue weighted by atomic mass is 16.2. The van der Waals surface area contributed by atoms with Gasteiger partial charge in [-0.25, -0.2) is 0 Å². The van der Waals surface area contributed by atoms with E-state index < -0.39 is 0 Å². The third-order valence-electron chi connectivity index (χ3n) is 1.90. The van der Waals surface area contributed by atoms with Crippen LogP contribution in [0.3, 0.4) is 0 Å². The molecule has 0 aromatic carbocycles. The van der Waals surface area contributed by atoms with Crippen LogP contribution < -0.4 is 5.32 Å². The maximum Gasteiger partial charge on any atom is 0.224 e. The van der Waals surface area contributed by atoms with Crippen LogP contribution in [0.25, 0.3) is 0 Å². The number of carbonyl (C=O) groups excluding carboxylic acids is 2. The van der Waals surface area contributed by atoms with E-state index in [9.17, 15) is 9.59 Å². The van der Waals surface area contributed by atoms with Gasteiger partial charge in [0.05, 0.1) is 6.04 Å². The van der Waals surface area contributed by atoms with Gasteiger partial charge in [-0.2, -0.15) is 0 Å². The van der Waals surface area contributed by atoms with Crippen LogP contribution in [0, 0.1) is 0 Å². The Bertz CT molecular complexity index is 170. The lowest BCUT2D eigenvalue weighted by atomic mass is 10.3. The largest absolute Gasteiger partial charge is 0.354 e. The molecule has 0 saturated carbocycles. The number of hydrogen-bond acceptors (Lipinski definition) is 2. The third kappa shape index (κ3) is 1.69. The molecule has 62 valence electrons. The molecule has 0 spiro atoms. The zero-order valence-electron chi connectivity index (χ0n) is 6.54. The Balaban J connectivity index is 2.42. The molecule has 0 radical (unpaired) electrons. The van der Waals surface area contributed by atoms with Gasteiger partial charge in [0, 0.05) is 19.5 Å². The molecule has 1 rings (SSSR count). The second-order valence-electron chi connectivity index (χ2n) is 2.62. The van der Waals surface area contributed by atoms with E-state index in [1.165, 1.54) is 0 Å². The second kappa shape index (κ2) is 3.37. The van der Waals surface area contributed by atoms with Gasteiger partial charge in [-0.1, -0.05) is 0 Å². The first-order chi connectivity index (χ1) is 5.27. The highest BCUT2D eigenvalue weighted by Gasteiger charge is 2.27. The second-order valence-corrected chi connectivity index (χ2v) is 2.62. The maximum absolute atomic E-state index is 11.1. The average Bonchev–Trinajstić information content (AvgIpc) is 2.32. The lowest BCUT2D eigenvalue weighted by Crippen LogP contribution is -2.31. The van der Waals surface area contributed by atoms with Gasteiger partial charge < -0.3 is 10.2 Å². The van der Waals surface area contributed by atoms with Crippen LogP contribution in [0.15, 0.2) is 0 Å². The summed E-state index contributed by atoms with van der Waals surface area (Å²) in [6.07, 6.45) is 1.10. The molecule has 1 N–H and O–H groups in total. The fraction of sp³-hybridized carbons (Fsp3) is 0.714. The van der Waals surface area contributed by atoms with Gasteiger partial charge in [-0.15, -0.1) is 0 Å². The van der Waals surface area contributed by atoms with Crippen LogP contribution in [0.1, 0.15) is 13.3 Å². The molecule has 2 amide bonds. The molecule has 0 aromatic heterocycles. The summed E-state index contributed by atoms with van der Waals surface area (Å²) in [4.78, 5) is 22.8. The fourth-order valence-corrected chi connectivity index (χ4v) is 1.29. The van der Waals surface area contributed by atoms with Crippen molar-refractivity contribution < 1.29 is 9.59 Å².